The van der Waals surface area contributed by atoms with Crippen LogP contribution in [0.2, 0.25) is 5.15 Å². The van der Waals surface area contributed by atoms with Crippen molar-refractivity contribution in [3.05, 3.63) is 17.0 Å². The van der Waals surface area contributed by atoms with Crippen LogP contribution in [-0.2, 0) is 4.74 Å². The van der Waals surface area contributed by atoms with Crippen molar-refractivity contribution in [1.29, 1.82) is 0 Å². The van der Waals surface area contributed by atoms with Gasteiger partial charge in [-0.05, 0) is 13.8 Å². The first-order valence-electron chi connectivity index (χ1n) is 5.47. The van der Waals surface area contributed by atoms with Gasteiger partial charge in [0, 0.05) is 6.54 Å². The number of rotatable bonds is 2. The lowest BCUT2D eigenvalue weighted by Gasteiger charge is -2.38. The number of halogens is 1. The fourth-order valence-electron chi connectivity index (χ4n) is 1.89. The van der Waals surface area contributed by atoms with Gasteiger partial charge in [-0.25, -0.2) is 9.97 Å². The molecule has 0 bridgehead atoms. The van der Waals surface area contributed by atoms with E-state index in [1.165, 1.54) is 6.33 Å². The molecule has 0 aromatic carbocycles. The molecule has 2 atom stereocenters. The zero-order chi connectivity index (χ0) is 12.4. The number of hydrogen-bond donors (Lipinski definition) is 0. The van der Waals surface area contributed by atoms with Crippen molar-refractivity contribution < 1.29 is 9.53 Å². The highest BCUT2D eigenvalue weighted by Gasteiger charge is 2.27. The van der Waals surface area contributed by atoms with Crippen molar-refractivity contribution in [2.45, 2.75) is 26.0 Å². The molecular formula is C11H14ClN3O2. The normalized spacial score (nSPS) is 24.8. The molecule has 0 aliphatic carbocycles. The predicted molar refractivity (Wildman–Crippen MR) is 64.7 cm³/mol. The summed E-state index contributed by atoms with van der Waals surface area (Å²) in [5, 5.41) is 0.191. The van der Waals surface area contributed by atoms with E-state index in [-0.39, 0.29) is 17.3 Å². The van der Waals surface area contributed by atoms with Crippen LogP contribution in [0, 0.1) is 0 Å². The van der Waals surface area contributed by atoms with Crippen LogP contribution in [0.1, 0.15) is 24.2 Å². The fourth-order valence-corrected chi connectivity index (χ4v) is 2.07. The number of aromatic nitrogens is 2. The molecule has 0 radical (unpaired) electrons. The number of hydrogen-bond acceptors (Lipinski definition) is 5. The number of morpholine rings is 1. The van der Waals surface area contributed by atoms with E-state index in [2.05, 4.69) is 9.97 Å². The summed E-state index contributed by atoms with van der Waals surface area (Å²) < 4.78 is 5.54. The molecule has 0 saturated carbocycles. The lowest BCUT2D eigenvalue weighted by molar-refractivity contribution is 0.0339. The number of anilines is 1. The minimum atomic E-state index is 0.111. The topological polar surface area (TPSA) is 55.3 Å². The van der Waals surface area contributed by atoms with Crippen LogP contribution >= 0.6 is 11.6 Å². The Bertz CT molecular complexity index is 427. The van der Waals surface area contributed by atoms with Crippen LogP contribution in [0.3, 0.4) is 0 Å². The molecule has 2 heterocycles. The van der Waals surface area contributed by atoms with Gasteiger partial charge >= 0.3 is 0 Å². The van der Waals surface area contributed by atoms with Crippen LogP contribution in [0.4, 0.5) is 5.82 Å². The number of nitrogens with zero attached hydrogens (tertiary/aromatic N) is 3. The summed E-state index contributed by atoms with van der Waals surface area (Å²) in [6.45, 7) is 5.31. The molecule has 2 unspecified atom stereocenters. The summed E-state index contributed by atoms with van der Waals surface area (Å²) >= 11 is 5.89. The molecule has 92 valence electrons. The fraction of sp³-hybridized carbons (Fsp3) is 0.545. The van der Waals surface area contributed by atoms with E-state index in [4.69, 9.17) is 16.3 Å². The van der Waals surface area contributed by atoms with Gasteiger partial charge in [0.2, 0.25) is 0 Å². The highest BCUT2D eigenvalue weighted by atomic mass is 35.5. The maximum absolute atomic E-state index is 11.1. The first-order valence-corrected chi connectivity index (χ1v) is 5.85. The molecule has 6 heteroatoms. The molecule has 1 aliphatic rings. The second-order valence-electron chi connectivity index (χ2n) is 4.16. The molecule has 17 heavy (non-hydrogen) atoms. The first-order chi connectivity index (χ1) is 8.13. The summed E-state index contributed by atoms with van der Waals surface area (Å²) in [6.07, 6.45) is 2.18. The van der Waals surface area contributed by atoms with Crippen molar-refractivity contribution in [3.8, 4) is 0 Å². The standard InChI is InChI=1S/C11H14ClN3O2/c1-7-5-17-8(2)3-15(7)11-9(4-16)10(12)13-6-14-11/h4,6-8H,3,5H2,1-2H3. The molecule has 1 aromatic heterocycles. The summed E-state index contributed by atoms with van der Waals surface area (Å²) in [5.74, 6) is 0.586. The van der Waals surface area contributed by atoms with Gasteiger partial charge in [-0.1, -0.05) is 11.6 Å². The molecule has 1 saturated heterocycles. The van der Waals surface area contributed by atoms with Crippen LogP contribution in [0.5, 0.6) is 0 Å². The quantitative estimate of drug-likeness (QED) is 0.593. The van der Waals surface area contributed by atoms with Gasteiger partial charge in [-0.3, -0.25) is 4.79 Å². The molecule has 0 N–H and O–H groups in total. The Labute approximate surface area is 105 Å². The first kappa shape index (κ1) is 12.3. The van der Waals surface area contributed by atoms with Gasteiger partial charge in [0.05, 0.1) is 24.3 Å². The monoisotopic (exact) mass is 255 g/mol. The van der Waals surface area contributed by atoms with Crippen LogP contribution in [0.15, 0.2) is 6.33 Å². The number of aldehydes is 1. The summed E-state index contributed by atoms with van der Waals surface area (Å²) in [4.78, 5) is 21.1. The maximum Gasteiger partial charge on any atom is 0.156 e. The van der Waals surface area contributed by atoms with Crippen molar-refractivity contribution in [3.63, 3.8) is 0 Å². The van der Waals surface area contributed by atoms with Crippen molar-refractivity contribution in [2.75, 3.05) is 18.1 Å². The van der Waals surface area contributed by atoms with Crippen LogP contribution in [0.25, 0.3) is 0 Å². The van der Waals surface area contributed by atoms with E-state index in [0.29, 0.717) is 30.8 Å². The second-order valence-corrected chi connectivity index (χ2v) is 4.52. The lowest BCUT2D eigenvalue weighted by atomic mass is 10.2. The molecule has 0 spiro atoms. The zero-order valence-corrected chi connectivity index (χ0v) is 10.5. The van der Waals surface area contributed by atoms with Gasteiger partial charge in [0.25, 0.3) is 0 Å². The van der Waals surface area contributed by atoms with Gasteiger partial charge in [0.1, 0.15) is 17.3 Å². The third-order valence-electron chi connectivity index (χ3n) is 2.81. The smallest absolute Gasteiger partial charge is 0.156 e. The minimum absolute atomic E-state index is 0.111. The largest absolute Gasteiger partial charge is 0.375 e. The third-order valence-corrected chi connectivity index (χ3v) is 3.11. The van der Waals surface area contributed by atoms with Gasteiger partial charge in [0.15, 0.2) is 6.29 Å². The van der Waals surface area contributed by atoms with Gasteiger partial charge in [-0.15, -0.1) is 0 Å². The number of ether oxygens (including phenoxy) is 1. The van der Waals surface area contributed by atoms with Gasteiger partial charge < -0.3 is 9.64 Å². The second kappa shape index (κ2) is 4.98. The SMILES string of the molecule is CC1CN(c2ncnc(Cl)c2C=O)C(C)CO1. The molecule has 1 aliphatic heterocycles. The highest BCUT2D eigenvalue weighted by molar-refractivity contribution is 6.32. The number of carbonyl (C=O) groups is 1. The Kier molecular flexibility index (Phi) is 3.59. The minimum Gasteiger partial charge on any atom is -0.375 e. The Hall–Kier alpha value is -1.20. The summed E-state index contributed by atoms with van der Waals surface area (Å²) in [6, 6.07) is 0.163. The van der Waals surface area contributed by atoms with Gasteiger partial charge in [-0.2, -0.15) is 0 Å². The molecule has 0 amide bonds. The Morgan fingerprint density at radius 2 is 2.29 bits per heavy atom. The third kappa shape index (κ3) is 2.40. The molecule has 1 fully saturated rings. The molecular weight excluding hydrogens is 242 g/mol. The molecule has 1 aromatic rings. The molecule has 2 rings (SSSR count). The van der Waals surface area contributed by atoms with Crippen molar-refractivity contribution in [2.24, 2.45) is 0 Å². The average molecular weight is 256 g/mol. The predicted octanol–water partition coefficient (Wildman–Crippen LogP) is 1.56. The molecule has 5 nitrogen and oxygen atoms in total. The van der Waals surface area contributed by atoms with E-state index >= 15 is 0 Å². The zero-order valence-electron chi connectivity index (χ0n) is 9.76. The maximum atomic E-state index is 11.1. The van der Waals surface area contributed by atoms with Crippen molar-refractivity contribution >= 4 is 23.7 Å². The van der Waals surface area contributed by atoms with E-state index < -0.39 is 0 Å². The lowest BCUT2D eigenvalue weighted by Crippen LogP contribution is -2.48. The average Bonchev–Trinajstić information content (AvgIpc) is 2.32. The van der Waals surface area contributed by atoms with E-state index in [1.54, 1.807) is 0 Å². The summed E-state index contributed by atoms with van der Waals surface area (Å²) in [7, 11) is 0. The van der Waals surface area contributed by atoms with E-state index in [1.807, 2.05) is 18.7 Å². The van der Waals surface area contributed by atoms with Crippen LogP contribution in [-0.4, -0.2) is 41.6 Å². The summed E-state index contributed by atoms with van der Waals surface area (Å²) in [5.41, 5.74) is 0.343. The Morgan fingerprint density at radius 3 is 3.00 bits per heavy atom. The highest BCUT2D eigenvalue weighted by Crippen LogP contribution is 2.25. The van der Waals surface area contributed by atoms with E-state index in [0.717, 1.165) is 0 Å². The van der Waals surface area contributed by atoms with Crippen molar-refractivity contribution in [1.82, 2.24) is 9.97 Å². The Morgan fingerprint density at radius 1 is 1.53 bits per heavy atom. The Balaban J connectivity index is 2.38. The number of carbonyl (C=O) groups excluding carboxylic acids is 1. The van der Waals surface area contributed by atoms with E-state index in [9.17, 15) is 4.79 Å². The van der Waals surface area contributed by atoms with Crippen LogP contribution < -0.4 is 4.90 Å².